The van der Waals surface area contributed by atoms with Crippen LogP contribution in [0.25, 0.3) is 11.0 Å². The van der Waals surface area contributed by atoms with E-state index in [1.165, 1.54) is 3.97 Å². The van der Waals surface area contributed by atoms with Crippen LogP contribution in [-0.4, -0.2) is 40.4 Å². The minimum Gasteiger partial charge on any atom is -0.399 e. The van der Waals surface area contributed by atoms with Crippen molar-refractivity contribution in [3.8, 4) is 0 Å². The number of hydrogen-bond donors (Lipinski definition) is 0. The third-order valence-corrected chi connectivity index (χ3v) is 9.15. The van der Waals surface area contributed by atoms with Crippen LogP contribution in [-0.2, 0) is 19.3 Å². The number of hydrogen-bond acceptors (Lipinski definition) is 5. The first-order valence-corrected chi connectivity index (χ1v) is 11.2. The van der Waals surface area contributed by atoms with E-state index >= 15 is 0 Å². The Balaban J connectivity index is 1.68. The highest BCUT2D eigenvalue weighted by molar-refractivity contribution is 7.91. The summed E-state index contributed by atoms with van der Waals surface area (Å²) in [5.74, 6) is 0. The Morgan fingerprint density at radius 1 is 1.10 bits per heavy atom. The van der Waals surface area contributed by atoms with Crippen molar-refractivity contribution in [2.24, 2.45) is 0 Å². The van der Waals surface area contributed by atoms with Gasteiger partial charge in [0.2, 0.25) is 10.0 Å². The fraction of sp³-hybridized carbons (Fsp3) is 0.476. The average molecular weight is 414 g/mol. The Bertz CT molecular complexity index is 1130. The van der Waals surface area contributed by atoms with Crippen molar-refractivity contribution in [1.29, 1.82) is 0 Å². The maximum Gasteiger partial charge on any atom is 0.494 e. The Morgan fingerprint density at radius 3 is 2.38 bits per heavy atom. The van der Waals surface area contributed by atoms with E-state index in [0.29, 0.717) is 12.1 Å². The van der Waals surface area contributed by atoms with Crippen molar-refractivity contribution in [3.05, 3.63) is 53.8 Å². The summed E-state index contributed by atoms with van der Waals surface area (Å²) in [5.41, 5.74) is 1.18. The molecule has 1 aliphatic carbocycles. The summed E-state index contributed by atoms with van der Waals surface area (Å²) in [4.78, 5) is 4.28. The van der Waals surface area contributed by atoms with E-state index in [2.05, 4.69) is 4.98 Å². The molecule has 8 heteroatoms. The zero-order chi connectivity index (χ0) is 21.2. The second-order valence-electron chi connectivity index (χ2n) is 9.09. The van der Waals surface area contributed by atoms with E-state index in [4.69, 9.17) is 9.31 Å². The molecule has 0 aromatic carbocycles. The zero-order valence-corrected chi connectivity index (χ0v) is 18.6. The van der Waals surface area contributed by atoms with Crippen LogP contribution >= 0.6 is 0 Å². The van der Waals surface area contributed by atoms with Crippen molar-refractivity contribution in [3.63, 3.8) is 0 Å². The Hall–Kier alpha value is -1.90. The van der Waals surface area contributed by atoms with Crippen LogP contribution in [0.1, 0.15) is 48.0 Å². The Labute approximate surface area is 172 Å². The lowest BCUT2D eigenvalue weighted by Crippen LogP contribution is -2.42. The second kappa shape index (κ2) is 6.30. The molecule has 0 spiro atoms. The Morgan fingerprint density at radius 2 is 1.76 bits per heavy atom. The van der Waals surface area contributed by atoms with Gasteiger partial charge in [0.15, 0.2) is 5.65 Å². The topological polar surface area (TPSA) is 70.4 Å². The number of nitrogens with zero attached hydrogens (tertiary/aromatic N) is 2. The second-order valence-corrected chi connectivity index (χ2v) is 11.3. The molecule has 2 aromatic rings. The molecule has 154 valence electrons. The van der Waals surface area contributed by atoms with E-state index in [1.807, 2.05) is 52.8 Å². The average Bonchev–Trinajstić information content (AvgIpc) is 3.16. The van der Waals surface area contributed by atoms with Crippen LogP contribution in [0.5, 0.6) is 0 Å². The van der Waals surface area contributed by atoms with Crippen molar-refractivity contribution in [2.75, 3.05) is 0 Å². The third-order valence-electron chi connectivity index (χ3n) is 6.71. The summed E-state index contributed by atoms with van der Waals surface area (Å²) in [5, 5.41) is 0.797. The van der Waals surface area contributed by atoms with E-state index in [0.717, 1.165) is 16.4 Å². The maximum absolute atomic E-state index is 13.6. The predicted molar refractivity (Wildman–Crippen MR) is 115 cm³/mol. The van der Waals surface area contributed by atoms with Gasteiger partial charge in [-0.2, -0.15) is 0 Å². The van der Waals surface area contributed by atoms with Crippen LogP contribution in [0.15, 0.2) is 53.8 Å². The number of pyridine rings is 1. The molecule has 6 nitrogen and oxygen atoms in total. The highest BCUT2D eigenvalue weighted by atomic mass is 32.2. The van der Waals surface area contributed by atoms with Gasteiger partial charge in [0.05, 0.1) is 11.2 Å². The SMILES string of the molecule is CC1=CC(B2OC(C)(C)C(C)(C)O2)=CCC1(C)S(=O)(=O)n1ccc2cccnc21. The molecule has 29 heavy (non-hydrogen) atoms. The minimum atomic E-state index is -3.73. The van der Waals surface area contributed by atoms with Crippen molar-refractivity contribution in [2.45, 2.75) is 63.9 Å². The highest BCUT2D eigenvalue weighted by Gasteiger charge is 2.53. The first-order chi connectivity index (χ1) is 13.4. The fourth-order valence-corrected chi connectivity index (χ4v) is 5.54. The van der Waals surface area contributed by atoms with Crippen LogP contribution in [0.2, 0.25) is 0 Å². The zero-order valence-electron chi connectivity index (χ0n) is 17.8. The van der Waals surface area contributed by atoms with Crippen LogP contribution < -0.4 is 0 Å². The van der Waals surface area contributed by atoms with Gasteiger partial charge >= 0.3 is 7.12 Å². The predicted octanol–water partition coefficient (Wildman–Crippen LogP) is 3.88. The summed E-state index contributed by atoms with van der Waals surface area (Å²) in [6, 6.07) is 5.43. The largest absolute Gasteiger partial charge is 0.494 e. The van der Waals surface area contributed by atoms with Gasteiger partial charge in [-0.3, -0.25) is 0 Å². The summed E-state index contributed by atoms with van der Waals surface area (Å²) >= 11 is 0. The molecule has 1 atom stereocenters. The van der Waals surface area contributed by atoms with Gasteiger partial charge in [0.25, 0.3) is 0 Å². The molecule has 0 bridgehead atoms. The van der Waals surface area contributed by atoms with Crippen LogP contribution in [0.3, 0.4) is 0 Å². The molecular weight excluding hydrogens is 387 g/mol. The highest BCUT2D eigenvalue weighted by Crippen LogP contribution is 2.42. The van der Waals surface area contributed by atoms with E-state index in [9.17, 15) is 8.42 Å². The molecule has 0 radical (unpaired) electrons. The van der Waals surface area contributed by atoms with Gasteiger partial charge in [0, 0.05) is 17.8 Å². The van der Waals surface area contributed by atoms with Crippen LogP contribution in [0, 0.1) is 0 Å². The summed E-state index contributed by atoms with van der Waals surface area (Å²) in [6.07, 6.45) is 7.34. The molecule has 0 N–H and O–H groups in total. The van der Waals surface area contributed by atoms with Crippen molar-refractivity contribution >= 4 is 28.2 Å². The normalized spacial score (nSPS) is 26.5. The third kappa shape index (κ3) is 2.92. The summed E-state index contributed by atoms with van der Waals surface area (Å²) in [7, 11) is -4.23. The molecule has 2 aromatic heterocycles. The summed E-state index contributed by atoms with van der Waals surface area (Å²) < 4.78 is 39.7. The number of rotatable bonds is 3. The number of allylic oxidation sites excluding steroid dienone is 3. The first kappa shape index (κ1) is 20.4. The molecule has 2 aliphatic rings. The van der Waals surface area contributed by atoms with Gasteiger partial charge in [-0.05, 0) is 71.6 Å². The van der Waals surface area contributed by atoms with Crippen molar-refractivity contribution < 1.29 is 17.7 Å². The molecule has 1 unspecified atom stereocenters. The lowest BCUT2D eigenvalue weighted by atomic mass is 9.72. The lowest BCUT2D eigenvalue weighted by Gasteiger charge is -2.33. The molecule has 1 aliphatic heterocycles. The standard InChI is InChI=1S/C21H27BN2O4S/c1-15-14-17(22-27-19(2,3)20(4,5)28-22)9-11-21(15,6)29(25,26)24-13-10-16-8-7-12-23-18(16)24/h7-10,12-14H,11H2,1-6H3. The fourth-order valence-electron chi connectivity index (χ4n) is 3.74. The van der Waals surface area contributed by atoms with Gasteiger partial charge < -0.3 is 9.31 Å². The number of aromatic nitrogens is 2. The lowest BCUT2D eigenvalue weighted by molar-refractivity contribution is 0.00578. The molecular formula is C21H27BN2O4S. The smallest absolute Gasteiger partial charge is 0.399 e. The summed E-state index contributed by atoms with van der Waals surface area (Å²) in [6.45, 7) is 11.6. The van der Waals surface area contributed by atoms with E-state index < -0.39 is 33.1 Å². The van der Waals surface area contributed by atoms with E-state index in [-0.39, 0.29) is 0 Å². The molecule has 1 fully saturated rings. The van der Waals surface area contributed by atoms with Gasteiger partial charge in [-0.1, -0.05) is 17.7 Å². The van der Waals surface area contributed by atoms with Gasteiger partial charge in [0.1, 0.15) is 4.75 Å². The van der Waals surface area contributed by atoms with E-state index in [1.54, 1.807) is 31.5 Å². The van der Waals surface area contributed by atoms with Crippen molar-refractivity contribution in [1.82, 2.24) is 8.96 Å². The molecule has 4 rings (SSSR count). The molecule has 3 heterocycles. The number of fused-ring (bicyclic) bond motifs is 1. The monoisotopic (exact) mass is 414 g/mol. The molecule has 1 saturated heterocycles. The molecule has 0 amide bonds. The van der Waals surface area contributed by atoms with Gasteiger partial charge in [-0.15, -0.1) is 0 Å². The minimum absolute atomic E-state index is 0.337. The first-order valence-electron chi connectivity index (χ1n) is 9.81. The van der Waals surface area contributed by atoms with Gasteiger partial charge in [-0.25, -0.2) is 17.4 Å². The quantitative estimate of drug-likeness (QED) is 0.713. The molecule has 0 saturated carbocycles. The Kier molecular flexibility index (Phi) is 4.43. The van der Waals surface area contributed by atoms with Crippen LogP contribution in [0.4, 0.5) is 0 Å². The maximum atomic E-state index is 13.6.